The highest BCUT2D eigenvalue weighted by molar-refractivity contribution is 7.92. The molecule has 0 radical (unpaired) electrons. The minimum Gasteiger partial charge on any atom is -0.480 e. The third kappa shape index (κ3) is 2.91. The zero-order valence-corrected chi connectivity index (χ0v) is 15.6. The van der Waals surface area contributed by atoms with E-state index in [4.69, 9.17) is 0 Å². The van der Waals surface area contributed by atoms with E-state index in [0.29, 0.717) is 11.1 Å². The zero-order chi connectivity index (χ0) is 19.3. The van der Waals surface area contributed by atoms with Crippen LogP contribution in [-0.2, 0) is 24.7 Å². The van der Waals surface area contributed by atoms with Crippen LogP contribution in [0.4, 0.5) is 0 Å². The number of hydrogen-bond donors (Lipinski definition) is 2. The van der Waals surface area contributed by atoms with E-state index in [1.54, 1.807) is 32.0 Å². The molecular weight excluding hydrogens is 378 g/mol. The van der Waals surface area contributed by atoms with Crippen molar-refractivity contribution < 1.29 is 26.7 Å². The maximum absolute atomic E-state index is 12.6. The van der Waals surface area contributed by atoms with Crippen molar-refractivity contribution in [3.8, 4) is 11.1 Å². The van der Waals surface area contributed by atoms with Crippen LogP contribution in [0.15, 0.2) is 57.2 Å². The lowest BCUT2D eigenvalue weighted by molar-refractivity contribution is -0.140. The summed E-state index contributed by atoms with van der Waals surface area (Å²) in [6, 6.07) is 8.73. The molecule has 2 N–H and O–H groups in total. The Morgan fingerprint density at radius 2 is 1.65 bits per heavy atom. The van der Waals surface area contributed by atoms with Gasteiger partial charge < -0.3 is 5.11 Å². The van der Waals surface area contributed by atoms with E-state index in [1.165, 1.54) is 24.3 Å². The molecule has 1 aliphatic rings. The summed E-state index contributed by atoms with van der Waals surface area (Å²) in [6.45, 7) is 3.18. The topological polar surface area (TPSA) is 118 Å². The molecular formula is C17H17NO6S2. The summed E-state index contributed by atoms with van der Waals surface area (Å²) in [5.74, 6) is -1.74. The number of sulfone groups is 1. The summed E-state index contributed by atoms with van der Waals surface area (Å²) in [4.78, 5) is 11.3. The fourth-order valence-electron chi connectivity index (χ4n) is 2.87. The SMILES string of the molecule is CC(C)[C@H](NS(=O)(=O)c1ccc2c(c1)-c1ccccc1S2(=O)=O)C(=O)O. The summed E-state index contributed by atoms with van der Waals surface area (Å²) >= 11 is 0. The first-order chi connectivity index (χ1) is 12.1. The normalized spacial score (nSPS) is 16.1. The number of nitrogens with one attached hydrogen (secondary N) is 1. The number of benzene rings is 2. The molecule has 3 rings (SSSR count). The molecule has 0 unspecified atom stereocenters. The third-order valence-corrected chi connectivity index (χ3v) is 7.54. The lowest BCUT2D eigenvalue weighted by Gasteiger charge is -2.18. The van der Waals surface area contributed by atoms with Crippen molar-refractivity contribution in [3.05, 3.63) is 42.5 Å². The first kappa shape index (κ1) is 18.6. The second-order valence-corrected chi connectivity index (χ2v) is 9.94. The Labute approximate surface area is 151 Å². The molecule has 0 saturated heterocycles. The average molecular weight is 395 g/mol. The Morgan fingerprint density at radius 3 is 2.27 bits per heavy atom. The van der Waals surface area contributed by atoms with Gasteiger partial charge in [-0.05, 0) is 30.2 Å². The molecule has 1 atom stereocenters. The number of carboxylic acid groups (broad SMARTS) is 1. The average Bonchev–Trinajstić information content (AvgIpc) is 2.80. The Hall–Kier alpha value is -2.23. The number of carbonyl (C=O) groups is 1. The molecule has 138 valence electrons. The van der Waals surface area contributed by atoms with Gasteiger partial charge in [0.1, 0.15) is 6.04 Å². The molecule has 0 aliphatic carbocycles. The summed E-state index contributed by atoms with van der Waals surface area (Å²) < 4.78 is 52.5. The smallest absolute Gasteiger partial charge is 0.322 e. The van der Waals surface area contributed by atoms with Gasteiger partial charge in [0.25, 0.3) is 0 Å². The van der Waals surface area contributed by atoms with Crippen LogP contribution in [0, 0.1) is 5.92 Å². The van der Waals surface area contributed by atoms with Crippen LogP contribution in [-0.4, -0.2) is 34.0 Å². The maximum atomic E-state index is 12.6. The van der Waals surface area contributed by atoms with E-state index in [-0.39, 0.29) is 14.7 Å². The van der Waals surface area contributed by atoms with Gasteiger partial charge >= 0.3 is 5.97 Å². The highest BCUT2D eigenvalue weighted by atomic mass is 32.2. The van der Waals surface area contributed by atoms with Crippen LogP contribution in [0.3, 0.4) is 0 Å². The minimum absolute atomic E-state index is 0.0382. The van der Waals surface area contributed by atoms with E-state index in [9.17, 15) is 26.7 Å². The van der Waals surface area contributed by atoms with Gasteiger partial charge in [0.05, 0.1) is 14.7 Å². The van der Waals surface area contributed by atoms with Gasteiger partial charge in [-0.25, -0.2) is 16.8 Å². The number of aliphatic carboxylic acids is 1. The van der Waals surface area contributed by atoms with Crippen LogP contribution < -0.4 is 4.72 Å². The molecule has 26 heavy (non-hydrogen) atoms. The van der Waals surface area contributed by atoms with Crippen molar-refractivity contribution in [2.75, 3.05) is 0 Å². The van der Waals surface area contributed by atoms with Gasteiger partial charge in [-0.3, -0.25) is 4.79 Å². The molecule has 0 spiro atoms. The molecule has 0 amide bonds. The summed E-state index contributed by atoms with van der Waals surface area (Å²) in [7, 11) is -7.82. The zero-order valence-electron chi connectivity index (χ0n) is 14.0. The fraction of sp³-hybridized carbons (Fsp3) is 0.235. The lowest BCUT2D eigenvalue weighted by atomic mass is 10.1. The summed E-state index contributed by atoms with van der Waals surface area (Å²) in [5.41, 5.74) is 0.720. The number of hydrogen-bond acceptors (Lipinski definition) is 5. The predicted octanol–water partition coefficient (Wildman–Crippen LogP) is 1.89. The number of carboxylic acids is 1. The Kier molecular flexibility index (Phi) is 4.41. The van der Waals surface area contributed by atoms with Crippen LogP contribution >= 0.6 is 0 Å². The second kappa shape index (κ2) is 6.19. The van der Waals surface area contributed by atoms with Crippen molar-refractivity contribution in [1.29, 1.82) is 0 Å². The summed E-state index contributed by atoms with van der Waals surface area (Å²) in [5, 5.41) is 9.20. The molecule has 0 aromatic heterocycles. The van der Waals surface area contributed by atoms with Gasteiger partial charge in [-0.1, -0.05) is 32.0 Å². The molecule has 1 heterocycles. The van der Waals surface area contributed by atoms with E-state index in [1.807, 2.05) is 0 Å². The second-order valence-electron chi connectivity index (χ2n) is 6.34. The van der Waals surface area contributed by atoms with Gasteiger partial charge in [0, 0.05) is 11.1 Å². The molecule has 7 nitrogen and oxygen atoms in total. The van der Waals surface area contributed by atoms with Crippen LogP contribution in [0.2, 0.25) is 0 Å². The molecule has 2 aromatic rings. The van der Waals surface area contributed by atoms with E-state index >= 15 is 0 Å². The minimum atomic E-state index is -4.14. The maximum Gasteiger partial charge on any atom is 0.322 e. The monoisotopic (exact) mass is 395 g/mol. The van der Waals surface area contributed by atoms with Crippen LogP contribution in [0.5, 0.6) is 0 Å². The largest absolute Gasteiger partial charge is 0.480 e. The highest BCUT2D eigenvalue weighted by Gasteiger charge is 2.34. The van der Waals surface area contributed by atoms with Crippen LogP contribution in [0.1, 0.15) is 13.8 Å². The molecule has 9 heteroatoms. The highest BCUT2D eigenvalue weighted by Crippen LogP contribution is 2.43. The molecule has 0 fully saturated rings. The van der Waals surface area contributed by atoms with E-state index in [0.717, 1.165) is 0 Å². The summed E-state index contributed by atoms with van der Waals surface area (Å²) in [6.07, 6.45) is 0. The van der Waals surface area contributed by atoms with Crippen molar-refractivity contribution >= 4 is 25.8 Å². The molecule has 1 aliphatic heterocycles. The van der Waals surface area contributed by atoms with Gasteiger partial charge in [0.2, 0.25) is 19.9 Å². The third-order valence-electron chi connectivity index (χ3n) is 4.23. The first-order valence-corrected chi connectivity index (χ1v) is 10.8. The van der Waals surface area contributed by atoms with Crippen molar-refractivity contribution in [1.82, 2.24) is 4.72 Å². The standard InChI is InChI=1S/C17H17NO6S2/c1-10(2)16(17(19)20)18-26(23,24)11-7-8-15-13(9-11)12-5-3-4-6-14(12)25(15,21)22/h3-10,16,18H,1-2H3,(H,19,20)/t16-/m0/s1. The van der Waals surface area contributed by atoms with E-state index in [2.05, 4.69) is 4.72 Å². The van der Waals surface area contributed by atoms with Crippen molar-refractivity contribution in [2.24, 2.45) is 5.92 Å². The van der Waals surface area contributed by atoms with Crippen molar-refractivity contribution in [2.45, 2.75) is 34.6 Å². The number of rotatable bonds is 5. The predicted molar refractivity (Wildman–Crippen MR) is 93.9 cm³/mol. The molecule has 0 saturated carbocycles. The van der Waals surface area contributed by atoms with Gasteiger partial charge in [-0.2, -0.15) is 4.72 Å². The quantitative estimate of drug-likeness (QED) is 0.681. The first-order valence-electron chi connectivity index (χ1n) is 7.79. The van der Waals surface area contributed by atoms with Crippen LogP contribution in [0.25, 0.3) is 11.1 Å². The van der Waals surface area contributed by atoms with E-state index < -0.39 is 37.8 Å². The molecule has 2 aromatic carbocycles. The van der Waals surface area contributed by atoms with Gasteiger partial charge in [-0.15, -0.1) is 0 Å². The van der Waals surface area contributed by atoms with Gasteiger partial charge in [0.15, 0.2) is 0 Å². The number of sulfonamides is 1. The molecule has 0 bridgehead atoms. The number of fused-ring (bicyclic) bond motifs is 3. The lowest BCUT2D eigenvalue weighted by Crippen LogP contribution is -2.44. The fourth-order valence-corrected chi connectivity index (χ4v) is 5.90. The Balaban J connectivity index is 2.10. The Bertz CT molecular complexity index is 1100. The van der Waals surface area contributed by atoms with Crippen molar-refractivity contribution in [3.63, 3.8) is 0 Å². The Morgan fingerprint density at radius 1 is 1.04 bits per heavy atom.